The van der Waals surface area contributed by atoms with E-state index in [1.165, 1.54) is 0 Å². The molecule has 1 aromatic heterocycles. The number of hydrogen-bond donors (Lipinski definition) is 1. The Hall–Kier alpha value is -0.540. The minimum Gasteiger partial charge on any atom is -0.327 e. The molecular formula is C12H22ClN3. The van der Waals surface area contributed by atoms with Crippen LogP contribution in [0.25, 0.3) is 0 Å². The number of halogens is 1. The van der Waals surface area contributed by atoms with Gasteiger partial charge in [0.25, 0.3) is 0 Å². The number of hydrogen-bond acceptors (Lipinski definition) is 2. The van der Waals surface area contributed by atoms with Gasteiger partial charge in [-0.3, -0.25) is 4.68 Å². The third kappa shape index (κ3) is 2.77. The molecule has 1 rings (SSSR count). The third-order valence-electron chi connectivity index (χ3n) is 2.98. The minimum atomic E-state index is 0.143. The Kier molecular flexibility index (Phi) is 4.81. The normalized spacial score (nSPS) is 13.4. The molecule has 3 nitrogen and oxygen atoms in total. The lowest BCUT2D eigenvalue weighted by Crippen LogP contribution is -2.30. The van der Waals surface area contributed by atoms with Crippen molar-refractivity contribution in [1.82, 2.24) is 9.78 Å². The molecule has 1 heterocycles. The number of aryl methyl sites for hydroxylation is 2. The summed E-state index contributed by atoms with van der Waals surface area (Å²) in [6.07, 6.45) is 1.67. The van der Waals surface area contributed by atoms with Crippen LogP contribution in [0.15, 0.2) is 0 Å². The first-order valence-corrected chi connectivity index (χ1v) is 6.38. The van der Waals surface area contributed by atoms with Gasteiger partial charge in [0, 0.05) is 19.0 Å². The lowest BCUT2D eigenvalue weighted by atomic mass is 10.00. The van der Waals surface area contributed by atoms with E-state index in [9.17, 15) is 0 Å². The van der Waals surface area contributed by atoms with E-state index >= 15 is 0 Å². The highest BCUT2D eigenvalue weighted by molar-refractivity contribution is 6.31. The summed E-state index contributed by atoms with van der Waals surface area (Å²) in [6, 6.07) is 0.143. The Labute approximate surface area is 103 Å². The average molecular weight is 244 g/mol. The van der Waals surface area contributed by atoms with Gasteiger partial charge in [0.2, 0.25) is 0 Å². The maximum absolute atomic E-state index is 6.32. The van der Waals surface area contributed by atoms with Gasteiger partial charge in [0.1, 0.15) is 0 Å². The zero-order chi connectivity index (χ0) is 12.3. The lowest BCUT2D eigenvalue weighted by Gasteiger charge is -2.16. The van der Waals surface area contributed by atoms with Gasteiger partial charge >= 0.3 is 0 Å². The van der Waals surface area contributed by atoms with Gasteiger partial charge in [-0.15, -0.1) is 0 Å². The molecule has 0 bridgehead atoms. The lowest BCUT2D eigenvalue weighted by molar-refractivity contribution is 0.471. The molecule has 0 aliphatic heterocycles. The second-order valence-electron chi connectivity index (χ2n) is 4.49. The molecule has 1 atom stereocenters. The van der Waals surface area contributed by atoms with Crippen molar-refractivity contribution in [2.45, 2.75) is 53.1 Å². The largest absolute Gasteiger partial charge is 0.327 e. The minimum absolute atomic E-state index is 0.143. The highest BCUT2D eigenvalue weighted by Gasteiger charge is 2.18. The molecular weight excluding hydrogens is 222 g/mol. The Morgan fingerprint density at radius 1 is 1.38 bits per heavy atom. The summed E-state index contributed by atoms with van der Waals surface area (Å²) in [5, 5.41) is 5.29. The predicted octanol–water partition coefficient (Wildman–Crippen LogP) is 2.64. The summed E-state index contributed by atoms with van der Waals surface area (Å²) in [5.41, 5.74) is 8.16. The first-order valence-electron chi connectivity index (χ1n) is 6.00. The number of rotatable bonds is 5. The van der Waals surface area contributed by atoms with Crippen molar-refractivity contribution in [2.24, 2.45) is 11.7 Å². The first kappa shape index (κ1) is 13.5. The standard InChI is InChI=1S/C12H22ClN3/c1-5-10-12(13)11(16(6-2)15-10)7-9(14)8(3)4/h8-9H,5-7,14H2,1-4H3. The van der Waals surface area contributed by atoms with E-state index in [1.54, 1.807) is 0 Å². The van der Waals surface area contributed by atoms with E-state index in [4.69, 9.17) is 17.3 Å². The predicted molar refractivity (Wildman–Crippen MR) is 68.8 cm³/mol. The second kappa shape index (κ2) is 5.69. The average Bonchev–Trinajstić information content (AvgIpc) is 2.55. The van der Waals surface area contributed by atoms with Crippen LogP contribution in [0.3, 0.4) is 0 Å². The van der Waals surface area contributed by atoms with Crippen molar-refractivity contribution in [3.05, 3.63) is 16.4 Å². The SMILES string of the molecule is CCc1nn(CC)c(CC(N)C(C)C)c1Cl. The molecule has 0 radical (unpaired) electrons. The number of aromatic nitrogens is 2. The molecule has 0 aromatic carbocycles. The van der Waals surface area contributed by atoms with Gasteiger partial charge in [-0.1, -0.05) is 32.4 Å². The zero-order valence-electron chi connectivity index (χ0n) is 10.6. The molecule has 92 valence electrons. The molecule has 2 N–H and O–H groups in total. The summed E-state index contributed by atoms with van der Waals surface area (Å²) in [5.74, 6) is 0.460. The highest BCUT2D eigenvalue weighted by atomic mass is 35.5. The molecule has 0 saturated carbocycles. The van der Waals surface area contributed by atoms with Crippen LogP contribution >= 0.6 is 11.6 Å². The number of nitrogens with two attached hydrogens (primary N) is 1. The molecule has 0 aliphatic rings. The van der Waals surface area contributed by atoms with Crippen LogP contribution < -0.4 is 5.73 Å². The van der Waals surface area contributed by atoms with Gasteiger partial charge in [0.05, 0.1) is 16.4 Å². The van der Waals surface area contributed by atoms with Gasteiger partial charge in [-0.2, -0.15) is 5.10 Å². The highest BCUT2D eigenvalue weighted by Crippen LogP contribution is 2.23. The summed E-state index contributed by atoms with van der Waals surface area (Å²) >= 11 is 6.32. The first-order chi connectivity index (χ1) is 7.51. The van der Waals surface area contributed by atoms with Crippen LogP contribution in [-0.2, 0) is 19.4 Å². The fourth-order valence-electron chi connectivity index (χ4n) is 1.67. The number of nitrogens with zero attached hydrogens (tertiary/aromatic N) is 2. The molecule has 0 spiro atoms. The summed E-state index contributed by atoms with van der Waals surface area (Å²) in [7, 11) is 0. The molecule has 0 aliphatic carbocycles. The van der Waals surface area contributed by atoms with E-state index in [-0.39, 0.29) is 6.04 Å². The molecule has 16 heavy (non-hydrogen) atoms. The summed E-state index contributed by atoms with van der Waals surface area (Å²) < 4.78 is 1.98. The van der Waals surface area contributed by atoms with Crippen molar-refractivity contribution < 1.29 is 0 Å². The van der Waals surface area contributed by atoms with Crippen LogP contribution in [0.5, 0.6) is 0 Å². The van der Waals surface area contributed by atoms with Gasteiger partial charge in [-0.05, 0) is 19.3 Å². The maximum Gasteiger partial charge on any atom is 0.0850 e. The Morgan fingerprint density at radius 2 is 2.00 bits per heavy atom. The van der Waals surface area contributed by atoms with Crippen molar-refractivity contribution in [3.63, 3.8) is 0 Å². The van der Waals surface area contributed by atoms with E-state index in [0.717, 1.165) is 35.8 Å². The van der Waals surface area contributed by atoms with Crippen LogP contribution in [0.1, 0.15) is 39.1 Å². The van der Waals surface area contributed by atoms with Crippen molar-refractivity contribution in [1.29, 1.82) is 0 Å². The van der Waals surface area contributed by atoms with Gasteiger partial charge in [0.15, 0.2) is 0 Å². The summed E-state index contributed by atoms with van der Waals surface area (Å²) in [6.45, 7) is 9.26. The molecule has 4 heteroatoms. The van der Waals surface area contributed by atoms with Crippen molar-refractivity contribution >= 4 is 11.6 Å². The fraction of sp³-hybridized carbons (Fsp3) is 0.750. The monoisotopic (exact) mass is 243 g/mol. The fourth-order valence-corrected chi connectivity index (χ4v) is 2.02. The van der Waals surface area contributed by atoms with Crippen molar-refractivity contribution in [3.8, 4) is 0 Å². The Bertz CT molecular complexity index is 344. The molecule has 0 amide bonds. The Balaban J connectivity index is 2.97. The van der Waals surface area contributed by atoms with E-state index in [1.807, 2.05) is 4.68 Å². The van der Waals surface area contributed by atoms with E-state index in [0.29, 0.717) is 5.92 Å². The van der Waals surface area contributed by atoms with Gasteiger partial charge in [-0.25, -0.2) is 0 Å². The van der Waals surface area contributed by atoms with E-state index < -0.39 is 0 Å². The maximum atomic E-state index is 6.32. The van der Waals surface area contributed by atoms with E-state index in [2.05, 4.69) is 32.8 Å². The van der Waals surface area contributed by atoms with Gasteiger partial charge < -0.3 is 5.73 Å². The summed E-state index contributed by atoms with van der Waals surface area (Å²) in [4.78, 5) is 0. The van der Waals surface area contributed by atoms with Crippen LogP contribution in [0, 0.1) is 5.92 Å². The topological polar surface area (TPSA) is 43.8 Å². The molecule has 0 saturated heterocycles. The molecule has 1 unspecified atom stereocenters. The second-order valence-corrected chi connectivity index (χ2v) is 4.87. The molecule has 0 fully saturated rings. The Morgan fingerprint density at radius 3 is 2.44 bits per heavy atom. The van der Waals surface area contributed by atoms with Crippen LogP contribution in [-0.4, -0.2) is 15.8 Å². The third-order valence-corrected chi connectivity index (χ3v) is 3.42. The molecule has 1 aromatic rings. The quantitative estimate of drug-likeness (QED) is 0.864. The van der Waals surface area contributed by atoms with Crippen LogP contribution in [0.2, 0.25) is 5.02 Å². The van der Waals surface area contributed by atoms with Crippen LogP contribution in [0.4, 0.5) is 0 Å². The zero-order valence-corrected chi connectivity index (χ0v) is 11.4. The van der Waals surface area contributed by atoms with Crippen molar-refractivity contribution in [2.75, 3.05) is 0 Å². The smallest absolute Gasteiger partial charge is 0.0850 e.